The van der Waals surface area contributed by atoms with E-state index in [1.807, 2.05) is 6.92 Å². The van der Waals surface area contributed by atoms with E-state index in [9.17, 15) is 0 Å². The first kappa shape index (κ1) is 44.5. The molecule has 0 aromatic heterocycles. The molecule has 45 heavy (non-hydrogen) atoms. The first-order valence-electron chi connectivity index (χ1n) is 16.9. The van der Waals surface area contributed by atoms with Crippen molar-refractivity contribution >= 4 is 0 Å². The van der Waals surface area contributed by atoms with E-state index in [-0.39, 0.29) is 0 Å². The average molecular weight is 659 g/mol. The van der Waals surface area contributed by atoms with Crippen molar-refractivity contribution in [2.45, 2.75) is 39.5 Å². The first-order valence-corrected chi connectivity index (χ1v) is 16.9. The highest BCUT2D eigenvalue weighted by Gasteiger charge is 1.97. The van der Waals surface area contributed by atoms with Gasteiger partial charge in [-0.3, -0.25) is 0 Å². The van der Waals surface area contributed by atoms with Gasteiger partial charge in [-0.1, -0.05) is 26.2 Å². The minimum absolute atomic E-state index is 0.517. The summed E-state index contributed by atoms with van der Waals surface area (Å²) < 4.78 is 70.8. The molecule has 0 fully saturated rings. The monoisotopic (exact) mass is 658 g/mol. The first-order chi connectivity index (χ1) is 22.4. The van der Waals surface area contributed by atoms with Crippen molar-refractivity contribution in [2.75, 3.05) is 172 Å². The van der Waals surface area contributed by atoms with Crippen LogP contribution in [0.5, 0.6) is 0 Å². The smallest absolute Gasteiger partial charge is 0.0701 e. The number of hydrogen-bond acceptors (Lipinski definition) is 13. The Morgan fingerprint density at radius 3 is 0.600 bits per heavy atom. The minimum Gasteiger partial charge on any atom is -0.379 e. The van der Waals surface area contributed by atoms with Gasteiger partial charge in [-0.15, -0.1) is 0 Å². The number of hydrogen-bond donors (Lipinski definition) is 0. The fraction of sp³-hybridized carbons (Fsp3) is 1.00. The third kappa shape index (κ3) is 43.5. The van der Waals surface area contributed by atoms with E-state index in [1.165, 1.54) is 19.3 Å². The van der Waals surface area contributed by atoms with Crippen molar-refractivity contribution < 1.29 is 61.6 Å². The highest BCUT2D eigenvalue weighted by atomic mass is 16.6. The zero-order chi connectivity index (χ0) is 32.4. The molecule has 0 saturated carbocycles. The molecule has 0 aromatic carbocycles. The van der Waals surface area contributed by atoms with Crippen LogP contribution >= 0.6 is 0 Å². The molecule has 0 atom stereocenters. The molecule has 0 aliphatic carbocycles. The molecule has 0 saturated heterocycles. The maximum atomic E-state index is 5.53. The van der Waals surface area contributed by atoms with Gasteiger partial charge in [-0.05, 0) is 13.3 Å². The second-order valence-electron chi connectivity index (χ2n) is 9.61. The van der Waals surface area contributed by atoms with Gasteiger partial charge in [-0.25, -0.2) is 0 Å². The Kier molecular flexibility index (Phi) is 43.0. The topological polar surface area (TPSA) is 120 Å². The Bertz CT molecular complexity index is 464. The summed E-state index contributed by atoms with van der Waals surface area (Å²) in [6.45, 7) is 18.8. The van der Waals surface area contributed by atoms with Crippen molar-refractivity contribution in [1.82, 2.24) is 0 Å². The van der Waals surface area contributed by atoms with Crippen LogP contribution in [-0.4, -0.2) is 172 Å². The van der Waals surface area contributed by atoms with E-state index >= 15 is 0 Å². The van der Waals surface area contributed by atoms with Crippen molar-refractivity contribution in [3.63, 3.8) is 0 Å². The summed E-state index contributed by atoms with van der Waals surface area (Å²) in [7, 11) is 0. The van der Waals surface area contributed by atoms with Gasteiger partial charge in [0.1, 0.15) is 0 Å². The summed E-state index contributed by atoms with van der Waals surface area (Å²) in [4.78, 5) is 0. The van der Waals surface area contributed by atoms with Gasteiger partial charge >= 0.3 is 0 Å². The highest BCUT2D eigenvalue weighted by molar-refractivity contribution is 4.41. The molecule has 0 unspecified atom stereocenters. The molecule has 13 heteroatoms. The third-order valence-electron chi connectivity index (χ3n) is 5.81. The summed E-state index contributed by atoms with van der Waals surface area (Å²) in [6, 6.07) is 0. The molecule has 272 valence electrons. The van der Waals surface area contributed by atoms with Gasteiger partial charge in [0.25, 0.3) is 0 Å². The predicted molar refractivity (Wildman–Crippen MR) is 170 cm³/mol. The van der Waals surface area contributed by atoms with E-state index in [0.717, 1.165) is 13.0 Å². The Balaban J connectivity index is 3.03. The zero-order valence-corrected chi connectivity index (χ0v) is 28.5. The molecule has 0 radical (unpaired) electrons. The third-order valence-corrected chi connectivity index (χ3v) is 5.81. The fourth-order valence-corrected chi connectivity index (χ4v) is 3.41. The molecule has 0 heterocycles. The molecule has 0 aliphatic rings. The van der Waals surface area contributed by atoms with E-state index in [1.54, 1.807) is 0 Å². The van der Waals surface area contributed by atoms with Crippen LogP contribution in [0.15, 0.2) is 0 Å². The summed E-state index contributed by atoms with van der Waals surface area (Å²) >= 11 is 0. The van der Waals surface area contributed by atoms with Gasteiger partial charge in [-0.2, -0.15) is 0 Å². The standard InChI is InChI=1S/C32H66O13/c1-3-5-6-7-8-34-11-12-36-15-16-38-19-20-40-23-24-42-27-28-44-31-32-45-30-29-43-26-25-41-22-21-39-18-17-37-14-13-35-10-9-33-4-2/h3-32H2,1-2H3. The maximum Gasteiger partial charge on any atom is 0.0701 e. The molecule has 0 aliphatic heterocycles. The normalized spacial score (nSPS) is 11.6. The van der Waals surface area contributed by atoms with Crippen molar-refractivity contribution in [1.29, 1.82) is 0 Å². The number of unbranched alkanes of at least 4 members (excludes halogenated alkanes) is 3. The van der Waals surface area contributed by atoms with E-state index < -0.39 is 0 Å². The quantitative estimate of drug-likeness (QED) is 0.0896. The average Bonchev–Trinajstić information content (AvgIpc) is 3.05. The highest BCUT2D eigenvalue weighted by Crippen LogP contribution is 1.98. The summed E-state index contributed by atoms with van der Waals surface area (Å²) in [6.07, 6.45) is 4.90. The maximum absolute atomic E-state index is 5.53. The van der Waals surface area contributed by atoms with Gasteiger partial charge in [0, 0.05) is 13.2 Å². The summed E-state index contributed by atoms with van der Waals surface area (Å²) in [5.74, 6) is 0. The van der Waals surface area contributed by atoms with Crippen LogP contribution in [-0.2, 0) is 61.6 Å². The number of rotatable bonds is 42. The Morgan fingerprint density at radius 2 is 0.400 bits per heavy atom. The summed E-state index contributed by atoms with van der Waals surface area (Å²) in [5.41, 5.74) is 0. The molecule has 0 spiro atoms. The second-order valence-corrected chi connectivity index (χ2v) is 9.61. The zero-order valence-electron chi connectivity index (χ0n) is 28.5. The molecule has 13 nitrogen and oxygen atoms in total. The molecule has 0 rings (SSSR count). The second kappa shape index (κ2) is 43.5. The SMILES string of the molecule is CCCCCCOCCOCCOCCOCCOCCOCCOCCOCCOCCOCCOCCOCCOCC. The molecule has 0 N–H and O–H groups in total. The fourth-order valence-electron chi connectivity index (χ4n) is 3.41. The lowest BCUT2D eigenvalue weighted by Crippen LogP contribution is -2.15. The predicted octanol–water partition coefficient (Wildman–Crippen LogP) is 2.80. The van der Waals surface area contributed by atoms with E-state index in [2.05, 4.69) is 6.92 Å². The van der Waals surface area contributed by atoms with Crippen LogP contribution in [0.1, 0.15) is 39.5 Å². The lowest BCUT2D eigenvalue weighted by molar-refractivity contribution is -0.0289. The van der Waals surface area contributed by atoms with E-state index in [4.69, 9.17) is 61.6 Å². The van der Waals surface area contributed by atoms with E-state index in [0.29, 0.717) is 165 Å². The van der Waals surface area contributed by atoms with Gasteiger partial charge < -0.3 is 61.6 Å². The molecule has 0 amide bonds. The van der Waals surface area contributed by atoms with Crippen LogP contribution < -0.4 is 0 Å². The van der Waals surface area contributed by atoms with Gasteiger partial charge in [0.15, 0.2) is 0 Å². The summed E-state index contributed by atoms with van der Waals surface area (Å²) in [5, 5.41) is 0. The lowest BCUT2D eigenvalue weighted by atomic mass is 10.2. The van der Waals surface area contributed by atoms with Crippen LogP contribution in [0, 0.1) is 0 Å². The molecular weight excluding hydrogens is 592 g/mol. The van der Waals surface area contributed by atoms with Crippen molar-refractivity contribution in [2.24, 2.45) is 0 Å². The molecule has 0 bridgehead atoms. The Morgan fingerprint density at radius 1 is 0.200 bits per heavy atom. The van der Waals surface area contributed by atoms with Crippen LogP contribution in [0.2, 0.25) is 0 Å². The van der Waals surface area contributed by atoms with Crippen LogP contribution in [0.4, 0.5) is 0 Å². The van der Waals surface area contributed by atoms with Crippen LogP contribution in [0.3, 0.4) is 0 Å². The largest absolute Gasteiger partial charge is 0.379 e. The van der Waals surface area contributed by atoms with Crippen molar-refractivity contribution in [3.8, 4) is 0 Å². The minimum atomic E-state index is 0.517. The Hall–Kier alpha value is -0.520. The van der Waals surface area contributed by atoms with Crippen LogP contribution in [0.25, 0.3) is 0 Å². The molecular formula is C32H66O13. The number of ether oxygens (including phenoxy) is 13. The van der Waals surface area contributed by atoms with Gasteiger partial charge in [0.05, 0.1) is 159 Å². The lowest BCUT2D eigenvalue weighted by Gasteiger charge is -2.09. The van der Waals surface area contributed by atoms with Gasteiger partial charge in [0.2, 0.25) is 0 Å². The van der Waals surface area contributed by atoms with Crippen molar-refractivity contribution in [3.05, 3.63) is 0 Å². The Labute approximate surface area is 273 Å². The molecule has 0 aromatic rings.